The van der Waals surface area contributed by atoms with Crippen LogP contribution < -0.4 is 10.2 Å². The van der Waals surface area contributed by atoms with Gasteiger partial charge in [0.2, 0.25) is 5.91 Å². The van der Waals surface area contributed by atoms with Gasteiger partial charge in [0.25, 0.3) is 0 Å². The maximum Gasteiger partial charge on any atom is 0.224 e. The molecule has 27 heavy (non-hydrogen) atoms. The van der Waals surface area contributed by atoms with Crippen molar-refractivity contribution < 1.29 is 19.1 Å². The van der Waals surface area contributed by atoms with E-state index in [1.54, 1.807) is 24.3 Å². The van der Waals surface area contributed by atoms with Gasteiger partial charge >= 0.3 is 0 Å². The monoisotopic (exact) mass is 396 g/mol. The number of carbonyl (C=O) groups is 1. The fourth-order valence-electron chi connectivity index (χ4n) is 3.10. The number of carbonyl (C=O) groups excluding carboxylic acids is 1. The highest BCUT2D eigenvalue weighted by Crippen LogP contribution is 2.34. The molecule has 0 aliphatic carbocycles. The van der Waals surface area contributed by atoms with Crippen molar-refractivity contribution in [3.05, 3.63) is 29.8 Å². The molecule has 6 heteroatoms. The third kappa shape index (κ3) is 13.6. The van der Waals surface area contributed by atoms with E-state index in [1.165, 1.54) is 57.8 Å². The van der Waals surface area contributed by atoms with Crippen LogP contribution in [0.3, 0.4) is 0 Å². The van der Waals surface area contributed by atoms with Gasteiger partial charge in [0.15, 0.2) is 0 Å². The molecule has 2 N–H and O–H groups in total. The van der Waals surface area contributed by atoms with Crippen LogP contribution in [0, 0.1) is 0 Å². The highest BCUT2D eigenvalue weighted by Gasteiger charge is 2.06. The largest absolute Gasteiger partial charge is 0.778 e. The third-order valence-corrected chi connectivity index (χ3v) is 5.39. The summed E-state index contributed by atoms with van der Waals surface area (Å²) in [6.45, 7) is 2.24. The Labute approximate surface area is 164 Å². The second-order valence-electron chi connectivity index (χ2n) is 7.33. The van der Waals surface area contributed by atoms with Crippen LogP contribution in [0.1, 0.15) is 89.5 Å². The first-order valence-corrected chi connectivity index (χ1v) is 12.1. The normalized spacial score (nSPS) is 13.3. The van der Waals surface area contributed by atoms with Gasteiger partial charge in [-0.1, -0.05) is 83.3 Å². The van der Waals surface area contributed by atoms with E-state index >= 15 is 0 Å². The van der Waals surface area contributed by atoms with E-state index in [2.05, 4.69) is 12.2 Å². The molecular formula is C21H35NO4P-. The lowest BCUT2D eigenvalue weighted by Crippen LogP contribution is -2.11. The number of amides is 1. The maximum absolute atomic E-state index is 11.9. The SMILES string of the molecule is CCCCCCCCCCCCCC(=O)Nc1ccc(CP(=O)([O-])O)cc1. The second kappa shape index (κ2) is 13.9. The summed E-state index contributed by atoms with van der Waals surface area (Å²) in [6, 6.07) is 6.50. The van der Waals surface area contributed by atoms with Crippen LogP contribution >= 0.6 is 7.60 Å². The fourth-order valence-corrected chi connectivity index (χ4v) is 3.77. The van der Waals surface area contributed by atoms with Crippen LogP contribution in [0.5, 0.6) is 0 Å². The molecule has 1 aromatic carbocycles. The lowest BCUT2D eigenvalue weighted by atomic mass is 10.1. The van der Waals surface area contributed by atoms with E-state index in [9.17, 15) is 14.3 Å². The van der Waals surface area contributed by atoms with Gasteiger partial charge in [0.05, 0.1) is 0 Å². The predicted molar refractivity (Wildman–Crippen MR) is 110 cm³/mol. The van der Waals surface area contributed by atoms with Crippen LogP contribution in [0.4, 0.5) is 5.69 Å². The summed E-state index contributed by atoms with van der Waals surface area (Å²) in [5, 5.41) is 2.82. The lowest BCUT2D eigenvalue weighted by molar-refractivity contribution is -0.194. The second-order valence-corrected chi connectivity index (χ2v) is 8.92. The average Bonchev–Trinajstić information content (AvgIpc) is 2.60. The molecular weight excluding hydrogens is 361 g/mol. The number of benzene rings is 1. The molecule has 0 saturated carbocycles. The average molecular weight is 396 g/mol. The highest BCUT2D eigenvalue weighted by atomic mass is 31.2. The molecule has 5 nitrogen and oxygen atoms in total. The van der Waals surface area contributed by atoms with Gasteiger partial charge < -0.3 is 19.7 Å². The standard InChI is InChI=1S/C21H36NO4P/c1-2-3-4-5-6-7-8-9-10-11-12-13-21(23)22-20-16-14-19(15-17-20)18-27(24,25)26/h14-17H,2-13,18H2,1H3,(H,22,23)(H2,24,25,26)/p-1. The summed E-state index contributed by atoms with van der Waals surface area (Å²) < 4.78 is 10.9. The molecule has 0 fully saturated rings. The molecule has 1 atom stereocenters. The topological polar surface area (TPSA) is 89.5 Å². The van der Waals surface area contributed by atoms with Crippen LogP contribution in [0.25, 0.3) is 0 Å². The summed E-state index contributed by atoms with van der Waals surface area (Å²) in [5.74, 6) is -0.0182. The van der Waals surface area contributed by atoms with E-state index in [1.807, 2.05) is 0 Å². The van der Waals surface area contributed by atoms with Crippen LogP contribution in [0.15, 0.2) is 24.3 Å². The zero-order chi connectivity index (χ0) is 20.0. The Bertz CT molecular complexity index is 568. The summed E-state index contributed by atoms with van der Waals surface area (Å²) >= 11 is 0. The molecule has 0 saturated heterocycles. The van der Waals surface area contributed by atoms with Crippen molar-refractivity contribution in [1.82, 2.24) is 0 Å². The minimum Gasteiger partial charge on any atom is -0.778 e. The molecule has 0 radical (unpaired) electrons. The zero-order valence-corrected chi connectivity index (χ0v) is 17.5. The third-order valence-electron chi connectivity index (χ3n) is 4.63. The van der Waals surface area contributed by atoms with Crippen LogP contribution in [0.2, 0.25) is 0 Å². The Morgan fingerprint density at radius 1 is 0.926 bits per heavy atom. The van der Waals surface area contributed by atoms with Crippen molar-refractivity contribution >= 4 is 19.2 Å². The Morgan fingerprint density at radius 3 is 1.89 bits per heavy atom. The van der Waals surface area contributed by atoms with Crippen molar-refractivity contribution in [3.63, 3.8) is 0 Å². The van der Waals surface area contributed by atoms with Crippen LogP contribution in [-0.2, 0) is 15.5 Å². The van der Waals surface area contributed by atoms with Gasteiger partial charge in [0, 0.05) is 18.3 Å². The highest BCUT2D eigenvalue weighted by molar-refractivity contribution is 7.49. The molecule has 0 heterocycles. The number of hydrogen-bond donors (Lipinski definition) is 2. The molecule has 0 bridgehead atoms. The molecule has 0 spiro atoms. The summed E-state index contributed by atoms with van der Waals surface area (Å²) in [5.41, 5.74) is 1.14. The maximum atomic E-state index is 11.9. The molecule has 154 valence electrons. The summed E-state index contributed by atoms with van der Waals surface area (Å²) in [7, 11) is -4.30. The molecule has 1 aromatic rings. The Kier molecular flexibility index (Phi) is 12.3. The zero-order valence-electron chi connectivity index (χ0n) is 16.6. The van der Waals surface area contributed by atoms with Crippen molar-refractivity contribution in [1.29, 1.82) is 0 Å². The van der Waals surface area contributed by atoms with E-state index in [0.29, 0.717) is 17.7 Å². The first kappa shape index (κ1) is 23.9. The minimum absolute atomic E-state index is 0.0182. The number of unbranched alkanes of at least 4 members (excludes halogenated alkanes) is 10. The molecule has 1 unspecified atom stereocenters. The van der Waals surface area contributed by atoms with Gasteiger partial charge in [0.1, 0.15) is 7.60 Å². The summed E-state index contributed by atoms with van der Waals surface area (Å²) in [6.07, 6.45) is 13.9. The van der Waals surface area contributed by atoms with Gasteiger partial charge in [-0.3, -0.25) is 4.79 Å². The van der Waals surface area contributed by atoms with Gasteiger partial charge in [-0.2, -0.15) is 0 Å². The fraction of sp³-hybridized carbons (Fsp3) is 0.667. The van der Waals surface area contributed by atoms with Gasteiger partial charge in [-0.05, 0) is 24.1 Å². The first-order valence-electron chi connectivity index (χ1n) is 10.3. The van der Waals surface area contributed by atoms with E-state index in [0.717, 1.165) is 12.8 Å². The number of rotatable bonds is 15. The van der Waals surface area contributed by atoms with E-state index in [4.69, 9.17) is 4.89 Å². The summed E-state index contributed by atoms with van der Waals surface area (Å²) in [4.78, 5) is 31.6. The Hall–Kier alpha value is -1.16. The molecule has 0 aliphatic heterocycles. The predicted octanol–water partition coefficient (Wildman–Crippen LogP) is 5.37. The van der Waals surface area contributed by atoms with Crippen molar-refractivity contribution in [2.75, 3.05) is 5.32 Å². The first-order chi connectivity index (χ1) is 12.9. The molecule has 1 amide bonds. The van der Waals surface area contributed by atoms with Crippen molar-refractivity contribution in [2.45, 2.75) is 90.1 Å². The smallest absolute Gasteiger partial charge is 0.224 e. The minimum atomic E-state index is -4.30. The van der Waals surface area contributed by atoms with Crippen LogP contribution in [-0.4, -0.2) is 10.8 Å². The van der Waals surface area contributed by atoms with Crippen molar-refractivity contribution in [2.24, 2.45) is 0 Å². The number of nitrogens with one attached hydrogen (secondary N) is 1. The number of anilines is 1. The van der Waals surface area contributed by atoms with Gasteiger partial charge in [-0.25, -0.2) is 0 Å². The van der Waals surface area contributed by atoms with Gasteiger partial charge in [-0.15, -0.1) is 0 Å². The van der Waals surface area contributed by atoms with E-state index in [-0.39, 0.29) is 12.1 Å². The number of hydrogen-bond acceptors (Lipinski definition) is 3. The molecule has 0 aromatic heterocycles. The lowest BCUT2D eigenvalue weighted by Gasteiger charge is -2.15. The quantitative estimate of drug-likeness (QED) is 0.308. The van der Waals surface area contributed by atoms with E-state index < -0.39 is 7.60 Å². The Balaban J connectivity index is 2.05. The molecule has 1 rings (SSSR count). The molecule has 0 aliphatic rings. The van der Waals surface area contributed by atoms with Crippen molar-refractivity contribution in [3.8, 4) is 0 Å². The Morgan fingerprint density at radius 2 is 1.41 bits per heavy atom.